The molecule has 1 aromatic carbocycles. The number of benzene rings is 1. The first-order chi connectivity index (χ1) is 13.4. The van der Waals surface area contributed by atoms with Crippen LogP contribution in [0.2, 0.25) is 0 Å². The standard InChI is InChI=1S/C18H14N4O4S2/c19-17(27)21(15(23)13-3-1-9-25-13)11-5-7-12(8-6-11)22(18(20)28)16(24)14-4-2-10-26-14/h1-10H,(H2,19,27)(H2,20,28). The molecule has 3 rings (SSSR count). The smallest absolute Gasteiger partial charge is 0.300 e. The summed E-state index contributed by atoms with van der Waals surface area (Å²) in [6.07, 6.45) is 2.74. The number of carbonyl (C=O) groups is 2. The van der Waals surface area contributed by atoms with E-state index in [0.29, 0.717) is 11.4 Å². The lowest BCUT2D eigenvalue weighted by Crippen LogP contribution is -2.41. The molecule has 2 heterocycles. The van der Waals surface area contributed by atoms with Gasteiger partial charge in [0.25, 0.3) is 11.8 Å². The summed E-state index contributed by atoms with van der Waals surface area (Å²) in [5, 5.41) is -0.320. The molecule has 0 radical (unpaired) electrons. The van der Waals surface area contributed by atoms with E-state index >= 15 is 0 Å². The molecule has 8 nitrogen and oxygen atoms in total. The van der Waals surface area contributed by atoms with Crippen molar-refractivity contribution in [2.75, 3.05) is 9.80 Å². The van der Waals surface area contributed by atoms with Gasteiger partial charge >= 0.3 is 0 Å². The molecule has 28 heavy (non-hydrogen) atoms. The fourth-order valence-corrected chi connectivity index (χ4v) is 2.84. The molecule has 0 unspecified atom stereocenters. The number of hydrogen-bond donors (Lipinski definition) is 2. The van der Waals surface area contributed by atoms with E-state index in [1.165, 1.54) is 24.7 Å². The van der Waals surface area contributed by atoms with Crippen molar-refractivity contribution in [2.24, 2.45) is 11.5 Å². The Labute approximate surface area is 170 Å². The Hall–Kier alpha value is -3.50. The van der Waals surface area contributed by atoms with Gasteiger partial charge in [0.1, 0.15) is 0 Å². The Kier molecular flexibility index (Phi) is 5.52. The summed E-state index contributed by atoms with van der Waals surface area (Å²) < 4.78 is 10.2. The fraction of sp³-hybridized carbons (Fsp3) is 0. The van der Waals surface area contributed by atoms with Gasteiger partial charge in [-0.25, -0.2) is 0 Å². The highest BCUT2D eigenvalue weighted by molar-refractivity contribution is 7.80. The van der Waals surface area contributed by atoms with Crippen LogP contribution in [0, 0.1) is 0 Å². The third kappa shape index (κ3) is 3.77. The number of rotatable bonds is 4. The zero-order valence-corrected chi connectivity index (χ0v) is 15.9. The molecule has 142 valence electrons. The van der Waals surface area contributed by atoms with E-state index in [4.69, 9.17) is 44.7 Å². The van der Waals surface area contributed by atoms with Gasteiger partial charge in [0, 0.05) is 0 Å². The lowest BCUT2D eigenvalue weighted by Gasteiger charge is -2.23. The van der Waals surface area contributed by atoms with Crippen LogP contribution in [-0.2, 0) is 0 Å². The molecule has 0 fully saturated rings. The van der Waals surface area contributed by atoms with Crippen molar-refractivity contribution in [3.63, 3.8) is 0 Å². The van der Waals surface area contributed by atoms with Gasteiger partial charge in [-0.05, 0) is 73.0 Å². The van der Waals surface area contributed by atoms with E-state index < -0.39 is 11.8 Å². The van der Waals surface area contributed by atoms with E-state index in [-0.39, 0.29) is 21.7 Å². The van der Waals surface area contributed by atoms with E-state index in [0.717, 1.165) is 9.80 Å². The van der Waals surface area contributed by atoms with E-state index in [1.54, 1.807) is 36.4 Å². The highest BCUT2D eigenvalue weighted by Crippen LogP contribution is 2.24. The molecular formula is C18H14N4O4S2. The van der Waals surface area contributed by atoms with Crippen LogP contribution in [0.1, 0.15) is 21.1 Å². The minimum atomic E-state index is -0.525. The van der Waals surface area contributed by atoms with Crippen molar-refractivity contribution >= 4 is 57.8 Å². The normalized spacial score (nSPS) is 10.3. The maximum Gasteiger partial charge on any atom is 0.300 e. The lowest BCUT2D eigenvalue weighted by atomic mass is 10.2. The van der Waals surface area contributed by atoms with Gasteiger partial charge < -0.3 is 20.3 Å². The van der Waals surface area contributed by atoms with Crippen molar-refractivity contribution in [3.05, 3.63) is 72.6 Å². The van der Waals surface area contributed by atoms with Gasteiger partial charge in [-0.3, -0.25) is 19.4 Å². The summed E-state index contributed by atoms with van der Waals surface area (Å²) in [5.41, 5.74) is 12.2. The number of amides is 2. The van der Waals surface area contributed by atoms with Crippen molar-refractivity contribution in [1.82, 2.24) is 0 Å². The minimum Gasteiger partial charge on any atom is -0.459 e. The molecule has 2 aromatic heterocycles. The maximum atomic E-state index is 12.6. The van der Waals surface area contributed by atoms with Crippen LogP contribution in [0.5, 0.6) is 0 Å². The Balaban J connectivity index is 1.92. The maximum absolute atomic E-state index is 12.6. The SMILES string of the molecule is NC(=S)N(C(=O)c1ccco1)c1ccc(N(C(=O)c2ccco2)C(N)=S)cc1. The Morgan fingerprint density at radius 2 is 1.07 bits per heavy atom. The topological polar surface area (TPSA) is 119 Å². The molecule has 0 saturated carbocycles. The Bertz CT molecular complexity index is 931. The predicted octanol–water partition coefficient (Wildman–Crippen LogP) is 2.65. The summed E-state index contributed by atoms with van der Waals surface area (Å²) in [4.78, 5) is 27.4. The first kappa shape index (κ1) is 19.3. The highest BCUT2D eigenvalue weighted by atomic mass is 32.1. The number of anilines is 2. The largest absolute Gasteiger partial charge is 0.459 e. The van der Waals surface area contributed by atoms with Crippen LogP contribution in [0.3, 0.4) is 0 Å². The summed E-state index contributed by atoms with van der Waals surface area (Å²) in [6.45, 7) is 0. The summed E-state index contributed by atoms with van der Waals surface area (Å²) in [7, 11) is 0. The van der Waals surface area contributed by atoms with Gasteiger partial charge in [-0.2, -0.15) is 0 Å². The number of furan rings is 2. The molecule has 10 heteroatoms. The minimum absolute atomic E-state index is 0.0784. The van der Waals surface area contributed by atoms with Crippen LogP contribution in [0.4, 0.5) is 11.4 Å². The summed E-state index contributed by atoms with van der Waals surface area (Å²) >= 11 is 9.99. The number of nitrogens with zero attached hydrogens (tertiary/aromatic N) is 2. The van der Waals surface area contributed by atoms with E-state index in [2.05, 4.69) is 0 Å². The molecule has 3 aromatic rings. The number of hydrogen-bond acceptors (Lipinski definition) is 6. The molecule has 0 atom stereocenters. The average Bonchev–Trinajstić information content (AvgIpc) is 3.36. The second kappa shape index (κ2) is 8.03. The number of carbonyl (C=O) groups excluding carboxylic acids is 2. The van der Waals surface area contributed by atoms with Gasteiger partial charge in [0.2, 0.25) is 0 Å². The molecule has 0 aliphatic rings. The second-order valence-corrected chi connectivity index (χ2v) is 6.27. The quantitative estimate of drug-likeness (QED) is 0.626. The van der Waals surface area contributed by atoms with Crippen LogP contribution in [0.25, 0.3) is 0 Å². The predicted molar refractivity (Wildman–Crippen MR) is 111 cm³/mol. The van der Waals surface area contributed by atoms with Gasteiger partial charge in [-0.15, -0.1) is 0 Å². The van der Waals surface area contributed by atoms with Gasteiger partial charge in [0.05, 0.1) is 23.9 Å². The fourth-order valence-electron chi connectivity index (χ4n) is 2.46. The molecular weight excluding hydrogens is 400 g/mol. The molecule has 2 amide bonds. The lowest BCUT2D eigenvalue weighted by molar-refractivity contribution is 0.0968. The monoisotopic (exact) mass is 414 g/mol. The highest BCUT2D eigenvalue weighted by Gasteiger charge is 2.25. The van der Waals surface area contributed by atoms with Crippen LogP contribution in [0.15, 0.2) is 69.9 Å². The van der Waals surface area contributed by atoms with E-state index in [9.17, 15) is 9.59 Å². The molecule has 0 bridgehead atoms. The molecule has 0 spiro atoms. The molecule has 0 aliphatic heterocycles. The van der Waals surface area contributed by atoms with E-state index in [1.807, 2.05) is 0 Å². The van der Waals surface area contributed by atoms with Gasteiger partial charge in [-0.1, -0.05) is 0 Å². The van der Waals surface area contributed by atoms with Crippen LogP contribution >= 0.6 is 24.4 Å². The molecule has 0 aliphatic carbocycles. The average molecular weight is 414 g/mol. The van der Waals surface area contributed by atoms with Crippen molar-refractivity contribution in [3.8, 4) is 0 Å². The zero-order valence-electron chi connectivity index (χ0n) is 14.3. The number of thiocarbonyl (C=S) groups is 2. The van der Waals surface area contributed by atoms with Crippen molar-refractivity contribution in [1.29, 1.82) is 0 Å². The van der Waals surface area contributed by atoms with Crippen molar-refractivity contribution in [2.45, 2.75) is 0 Å². The first-order valence-electron chi connectivity index (χ1n) is 7.85. The summed E-state index contributed by atoms with van der Waals surface area (Å²) in [5.74, 6) is -0.893. The Morgan fingerprint density at radius 1 is 0.714 bits per heavy atom. The molecule has 4 N–H and O–H groups in total. The first-order valence-corrected chi connectivity index (χ1v) is 8.66. The van der Waals surface area contributed by atoms with Crippen LogP contribution < -0.4 is 21.3 Å². The van der Waals surface area contributed by atoms with Gasteiger partial charge in [0.15, 0.2) is 21.7 Å². The summed E-state index contributed by atoms with van der Waals surface area (Å²) in [6, 6.07) is 12.4. The third-order valence-electron chi connectivity index (χ3n) is 3.68. The second-order valence-electron chi connectivity index (χ2n) is 5.43. The zero-order chi connectivity index (χ0) is 20.3. The van der Waals surface area contributed by atoms with Crippen molar-refractivity contribution < 1.29 is 18.4 Å². The Morgan fingerprint density at radius 3 is 1.32 bits per heavy atom. The third-order valence-corrected chi connectivity index (χ3v) is 4.04. The van der Waals surface area contributed by atoms with Crippen LogP contribution in [-0.4, -0.2) is 22.0 Å². The number of nitrogens with two attached hydrogens (primary N) is 2. The molecule has 0 saturated heterocycles.